The normalized spacial score (nSPS) is 25.7. The van der Waals surface area contributed by atoms with Crippen LogP contribution in [0.1, 0.15) is 96.3 Å². The van der Waals surface area contributed by atoms with Crippen LogP contribution in [-0.4, -0.2) is 75.6 Å². The van der Waals surface area contributed by atoms with Crippen LogP contribution in [0.4, 0.5) is 0 Å². The van der Waals surface area contributed by atoms with Crippen molar-refractivity contribution >= 4 is 5.97 Å². The minimum Gasteiger partial charge on any atom is -0.450 e. The van der Waals surface area contributed by atoms with Gasteiger partial charge in [0.15, 0.2) is 5.60 Å². The Morgan fingerprint density at radius 1 is 0.816 bits per heavy atom. The fourth-order valence-electron chi connectivity index (χ4n) is 4.44. The van der Waals surface area contributed by atoms with Crippen LogP contribution in [0, 0.1) is 0 Å². The molecule has 1 fully saturated rings. The van der Waals surface area contributed by atoms with Crippen LogP contribution < -0.4 is 0 Å². The van der Waals surface area contributed by atoms with Gasteiger partial charge in [0.1, 0.15) is 24.4 Å². The van der Waals surface area contributed by atoms with Gasteiger partial charge < -0.3 is 28.4 Å². The summed E-state index contributed by atoms with van der Waals surface area (Å²) in [7, 11) is 0. The highest BCUT2D eigenvalue weighted by Crippen LogP contribution is 2.34. The largest absolute Gasteiger partial charge is 0.450 e. The van der Waals surface area contributed by atoms with Gasteiger partial charge in [-0.15, -0.1) is 0 Å². The van der Waals surface area contributed by atoms with Gasteiger partial charge in [-0.25, -0.2) is 4.79 Å². The smallest absolute Gasteiger partial charge is 0.338 e. The number of rotatable bonds is 19. The van der Waals surface area contributed by atoms with Crippen molar-refractivity contribution in [1.82, 2.24) is 0 Å². The Balaban J connectivity index is 2.42. The van der Waals surface area contributed by atoms with Crippen molar-refractivity contribution in [2.45, 2.75) is 116 Å². The summed E-state index contributed by atoms with van der Waals surface area (Å²) in [6, 6.07) is 9.05. The van der Waals surface area contributed by atoms with E-state index in [9.17, 15) is 4.79 Å². The molecule has 0 radical (unpaired) electrons. The second-order valence-corrected chi connectivity index (χ2v) is 10.4. The van der Waals surface area contributed by atoms with E-state index in [1.807, 2.05) is 25.1 Å². The van der Waals surface area contributed by atoms with Crippen LogP contribution in [0.5, 0.6) is 0 Å². The van der Waals surface area contributed by atoms with Crippen molar-refractivity contribution in [2.75, 3.05) is 39.6 Å². The summed E-state index contributed by atoms with van der Waals surface area (Å²) in [4.78, 5) is 13.3. The average molecular weight is 537 g/mol. The van der Waals surface area contributed by atoms with Gasteiger partial charge in [-0.05, 0) is 44.7 Å². The highest BCUT2D eigenvalue weighted by atomic mass is 16.6. The molecule has 0 unspecified atom stereocenters. The molecule has 1 heterocycles. The third kappa shape index (κ3) is 10.6. The van der Waals surface area contributed by atoms with Crippen molar-refractivity contribution in [3.05, 3.63) is 35.9 Å². The predicted molar refractivity (Wildman–Crippen MR) is 150 cm³/mol. The summed E-state index contributed by atoms with van der Waals surface area (Å²) in [5, 5.41) is 0. The average Bonchev–Trinajstić information content (AvgIpc) is 3.02. The molecule has 0 saturated carbocycles. The Morgan fingerprint density at radius 2 is 1.37 bits per heavy atom. The van der Waals surface area contributed by atoms with E-state index in [2.05, 4.69) is 27.7 Å². The minimum atomic E-state index is -1.08. The zero-order valence-electron chi connectivity index (χ0n) is 24.5. The van der Waals surface area contributed by atoms with E-state index in [-0.39, 0.29) is 12.7 Å². The first-order valence-electron chi connectivity index (χ1n) is 14.8. The Hall–Kier alpha value is -1.51. The van der Waals surface area contributed by atoms with Crippen LogP contribution in [0.25, 0.3) is 0 Å². The van der Waals surface area contributed by atoms with Gasteiger partial charge in [-0.1, -0.05) is 71.6 Å². The van der Waals surface area contributed by atoms with Gasteiger partial charge in [0.25, 0.3) is 0 Å². The summed E-state index contributed by atoms with van der Waals surface area (Å²) in [6.07, 6.45) is 5.99. The number of benzene rings is 1. The standard InChI is InChI=1S/C31H52O7/c1-6-10-19-33-23-26-27(34-20-11-7-2)28(35-21-12-8-3)29(36-22-13-9-4)31(5,24-37-26)38-30(32)25-17-15-14-16-18-25/h14-18,26-29H,6-13,19-24H2,1-5H3/t26-,27-,28+,29-,31+/m1/s1. The molecule has 0 amide bonds. The lowest BCUT2D eigenvalue weighted by molar-refractivity contribution is -0.190. The molecule has 1 aliphatic rings. The lowest BCUT2D eigenvalue weighted by Crippen LogP contribution is -2.57. The molecule has 0 bridgehead atoms. The number of esters is 1. The van der Waals surface area contributed by atoms with E-state index in [1.54, 1.807) is 12.1 Å². The van der Waals surface area contributed by atoms with E-state index >= 15 is 0 Å². The third-order valence-corrected chi connectivity index (χ3v) is 6.85. The molecular weight excluding hydrogens is 484 g/mol. The zero-order valence-corrected chi connectivity index (χ0v) is 24.5. The van der Waals surface area contributed by atoms with Gasteiger partial charge in [-0.3, -0.25) is 0 Å². The van der Waals surface area contributed by atoms with Crippen molar-refractivity contribution in [2.24, 2.45) is 0 Å². The lowest BCUT2D eigenvalue weighted by Gasteiger charge is -2.40. The fourth-order valence-corrected chi connectivity index (χ4v) is 4.44. The van der Waals surface area contributed by atoms with Crippen molar-refractivity contribution in [3.8, 4) is 0 Å². The maximum atomic E-state index is 13.3. The summed E-state index contributed by atoms with van der Waals surface area (Å²) in [5.41, 5.74) is -0.592. The first-order valence-corrected chi connectivity index (χ1v) is 14.8. The van der Waals surface area contributed by atoms with Crippen molar-refractivity contribution < 1.29 is 33.2 Å². The van der Waals surface area contributed by atoms with Gasteiger partial charge in [0.05, 0.1) is 18.8 Å². The molecule has 7 nitrogen and oxygen atoms in total. The molecule has 38 heavy (non-hydrogen) atoms. The number of hydrogen-bond acceptors (Lipinski definition) is 7. The Kier molecular flexibility index (Phi) is 16.1. The Morgan fingerprint density at radius 3 is 1.97 bits per heavy atom. The lowest BCUT2D eigenvalue weighted by atomic mass is 9.91. The quantitative estimate of drug-likeness (QED) is 0.150. The van der Waals surface area contributed by atoms with E-state index in [4.69, 9.17) is 28.4 Å². The molecule has 1 aromatic carbocycles. The highest BCUT2D eigenvalue weighted by Gasteiger charge is 2.53. The first kappa shape index (κ1) is 32.7. The van der Waals surface area contributed by atoms with Gasteiger partial charge in [-0.2, -0.15) is 0 Å². The first-order chi connectivity index (χ1) is 18.5. The van der Waals surface area contributed by atoms with Crippen molar-refractivity contribution in [1.29, 1.82) is 0 Å². The molecule has 0 aromatic heterocycles. The second kappa shape index (κ2) is 18.7. The van der Waals surface area contributed by atoms with Crippen molar-refractivity contribution in [3.63, 3.8) is 0 Å². The number of ether oxygens (including phenoxy) is 6. The summed E-state index contributed by atoms with van der Waals surface area (Å²) in [6.45, 7) is 13.3. The van der Waals surface area contributed by atoms with Crippen LogP contribution >= 0.6 is 0 Å². The number of carbonyl (C=O) groups excluding carboxylic acids is 1. The van der Waals surface area contributed by atoms with Gasteiger partial charge in [0, 0.05) is 26.4 Å². The Labute approximate surface area is 230 Å². The molecule has 2 rings (SSSR count). The molecule has 1 aromatic rings. The maximum Gasteiger partial charge on any atom is 0.338 e. The number of hydrogen-bond donors (Lipinski definition) is 0. The summed E-state index contributed by atoms with van der Waals surface area (Å²) < 4.78 is 38.3. The summed E-state index contributed by atoms with van der Waals surface area (Å²) in [5.74, 6) is -0.408. The van der Waals surface area contributed by atoms with Crippen LogP contribution in [0.15, 0.2) is 30.3 Å². The second-order valence-electron chi connectivity index (χ2n) is 10.4. The van der Waals surface area contributed by atoms with E-state index in [0.717, 1.165) is 51.4 Å². The molecule has 7 heteroatoms. The minimum absolute atomic E-state index is 0.158. The van der Waals surface area contributed by atoms with Crippen LogP contribution in [0.3, 0.4) is 0 Å². The molecule has 1 saturated heterocycles. The van der Waals surface area contributed by atoms with Crippen LogP contribution in [0.2, 0.25) is 0 Å². The molecule has 0 spiro atoms. The zero-order chi connectivity index (χ0) is 27.6. The van der Waals surface area contributed by atoms with E-state index < -0.39 is 29.9 Å². The molecule has 0 aliphatic carbocycles. The molecule has 218 valence electrons. The molecule has 1 aliphatic heterocycles. The van der Waals surface area contributed by atoms with Crippen LogP contribution in [-0.2, 0) is 28.4 Å². The Bertz CT molecular complexity index is 743. The number of unbranched alkanes of at least 4 members (excludes halogenated alkanes) is 4. The maximum absolute atomic E-state index is 13.3. The van der Waals surface area contributed by atoms with Gasteiger partial charge >= 0.3 is 5.97 Å². The summed E-state index contributed by atoms with van der Waals surface area (Å²) >= 11 is 0. The topological polar surface area (TPSA) is 72.5 Å². The third-order valence-electron chi connectivity index (χ3n) is 6.85. The van der Waals surface area contributed by atoms with E-state index in [1.165, 1.54) is 0 Å². The molecule has 5 atom stereocenters. The number of carbonyl (C=O) groups is 1. The van der Waals surface area contributed by atoms with E-state index in [0.29, 0.717) is 38.6 Å². The predicted octanol–water partition coefficient (Wildman–Crippen LogP) is 6.37. The van der Waals surface area contributed by atoms with Gasteiger partial charge in [0.2, 0.25) is 0 Å². The monoisotopic (exact) mass is 536 g/mol. The highest BCUT2D eigenvalue weighted by molar-refractivity contribution is 5.89. The molecule has 0 N–H and O–H groups in total. The fraction of sp³-hybridized carbons (Fsp3) is 0.774. The molecular formula is C31H52O7. The SMILES string of the molecule is CCCCOC[C@H]1OC[C@](C)(OC(=O)c2ccccc2)[C@H](OCCCC)[C@@H](OCCCC)[C@@H]1OCCCC.